The van der Waals surface area contributed by atoms with E-state index in [0.717, 1.165) is 36.1 Å². The van der Waals surface area contributed by atoms with Gasteiger partial charge in [0.2, 0.25) is 0 Å². The molecule has 0 fully saturated rings. The second kappa shape index (κ2) is 9.22. The second-order valence-electron chi connectivity index (χ2n) is 6.84. The van der Waals surface area contributed by atoms with Crippen molar-refractivity contribution in [3.05, 3.63) is 71.3 Å². The van der Waals surface area contributed by atoms with E-state index >= 15 is 0 Å². The van der Waals surface area contributed by atoms with E-state index in [1.54, 1.807) is 20.1 Å². The molecule has 0 unspecified atom stereocenters. The molecular weight excluding hydrogens is 354 g/mol. The lowest BCUT2D eigenvalue weighted by Gasteiger charge is -2.27. The maximum Gasteiger partial charge on any atom is 0.331 e. The third-order valence-electron chi connectivity index (χ3n) is 4.88. The van der Waals surface area contributed by atoms with Crippen LogP contribution >= 0.6 is 0 Å². The number of fused-ring (bicyclic) bond motifs is 1. The van der Waals surface area contributed by atoms with Gasteiger partial charge in [0, 0.05) is 6.08 Å². The van der Waals surface area contributed by atoms with E-state index in [2.05, 4.69) is 11.4 Å². The zero-order valence-electron chi connectivity index (χ0n) is 16.2. The van der Waals surface area contributed by atoms with Crippen LogP contribution in [0.25, 0.3) is 6.08 Å². The van der Waals surface area contributed by atoms with Gasteiger partial charge in [0.15, 0.2) is 6.10 Å². The number of carbonyl (C=O) groups is 2. The summed E-state index contributed by atoms with van der Waals surface area (Å²) in [6.45, 7) is 1.59. The van der Waals surface area contributed by atoms with Gasteiger partial charge in [-0.05, 0) is 61.1 Å². The van der Waals surface area contributed by atoms with E-state index in [9.17, 15) is 9.59 Å². The molecule has 2 aromatic carbocycles. The molecule has 28 heavy (non-hydrogen) atoms. The first-order chi connectivity index (χ1) is 13.6. The van der Waals surface area contributed by atoms with Crippen LogP contribution in [0.15, 0.2) is 54.6 Å². The summed E-state index contributed by atoms with van der Waals surface area (Å²) in [7, 11) is 1.60. The normalized spacial score (nSPS) is 16.9. The van der Waals surface area contributed by atoms with Gasteiger partial charge >= 0.3 is 5.97 Å². The SMILES string of the molecule is COc1ccc(/C=C/C(=O)O[C@H](C)C(=O)N[C@H]2CCCc3ccccc32)cc1. The van der Waals surface area contributed by atoms with Crippen molar-refractivity contribution in [1.29, 1.82) is 0 Å². The minimum atomic E-state index is -0.859. The number of rotatable bonds is 6. The van der Waals surface area contributed by atoms with Crippen LogP contribution in [0.2, 0.25) is 0 Å². The van der Waals surface area contributed by atoms with Gasteiger partial charge in [0.05, 0.1) is 13.2 Å². The maximum absolute atomic E-state index is 12.5. The Bertz CT molecular complexity index is 857. The molecule has 0 heterocycles. The van der Waals surface area contributed by atoms with Gasteiger partial charge in [0.1, 0.15) is 5.75 Å². The third-order valence-corrected chi connectivity index (χ3v) is 4.88. The van der Waals surface area contributed by atoms with Crippen LogP contribution in [0.4, 0.5) is 0 Å². The second-order valence-corrected chi connectivity index (χ2v) is 6.84. The minimum absolute atomic E-state index is 0.0338. The number of ether oxygens (including phenoxy) is 2. The molecular formula is C23H25NO4. The molecule has 0 saturated heterocycles. The van der Waals surface area contributed by atoms with Crippen molar-refractivity contribution in [2.45, 2.75) is 38.3 Å². The van der Waals surface area contributed by atoms with Crippen LogP contribution in [-0.4, -0.2) is 25.1 Å². The molecule has 1 aliphatic carbocycles. The molecule has 0 bridgehead atoms. The quantitative estimate of drug-likeness (QED) is 0.612. The number of aryl methyl sites for hydroxylation is 1. The number of carbonyl (C=O) groups excluding carboxylic acids is 2. The maximum atomic E-state index is 12.5. The highest BCUT2D eigenvalue weighted by atomic mass is 16.5. The number of hydrogen-bond acceptors (Lipinski definition) is 4. The number of benzene rings is 2. The first-order valence-electron chi connectivity index (χ1n) is 9.48. The highest BCUT2D eigenvalue weighted by Gasteiger charge is 2.24. The molecule has 1 N–H and O–H groups in total. The molecule has 2 atom stereocenters. The summed E-state index contributed by atoms with van der Waals surface area (Å²) in [5.74, 6) is -0.0929. The summed E-state index contributed by atoms with van der Waals surface area (Å²) >= 11 is 0. The van der Waals surface area contributed by atoms with Gasteiger partial charge < -0.3 is 14.8 Å². The van der Waals surface area contributed by atoms with Gasteiger partial charge in [-0.1, -0.05) is 36.4 Å². The molecule has 1 aliphatic rings. The predicted molar refractivity (Wildman–Crippen MR) is 108 cm³/mol. The first-order valence-corrected chi connectivity index (χ1v) is 9.48. The van der Waals surface area contributed by atoms with Crippen LogP contribution in [-0.2, 0) is 20.7 Å². The number of amides is 1. The summed E-state index contributed by atoms with van der Waals surface area (Å²) in [6, 6.07) is 15.4. The average Bonchev–Trinajstić information content (AvgIpc) is 2.73. The highest BCUT2D eigenvalue weighted by molar-refractivity contribution is 5.90. The summed E-state index contributed by atoms with van der Waals surface area (Å²) in [5, 5.41) is 3.01. The monoisotopic (exact) mass is 379 g/mol. The Hall–Kier alpha value is -3.08. The van der Waals surface area contributed by atoms with Crippen molar-refractivity contribution in [3.63, 3.8) is 0 Å². The lowest BCUT2D eigenvalue weighted by Crippen LogP contribution is -2.39. The number of esters is 1. The van der Waals surface area contributed by atoms with Gasteiger partial charge in [0.25, 0.3) is 5.91 Å². The van der Waals surface area contributed by atoms with Crippen molar-refractivity contribution < 1.29 is 19.1 Å². The van der Waals surface area contributed by atoms with E-state index in [1.165, 1.54) is 11.6 Å². The molecule has 5 heteroatoms. The summed E-state index contributed by atoms with van der Waals surface area (Å²) in [5.41, 5.74) is 3.26. The molecule has 0 saturated carbocycles. The Morgan fingerprint density at radius 3 is 2.64 bits per heavy atom. The molecule has 0 aliphatic heterocycles. The zero-order chi connectivity index (χ0) is 19.9. The van der Waals surface area contributed by atoms with Crippen LogP contribution in [0.3, 0.4) is 0 Å². The fourth-order valence-electron chi connectivity index (χ4n) is 3.34. The molecule has 0 spiro atoms. The largest absolute Gasteiger partial charge is 0.497 e. The fourth-order valence-corrected chi connectivity index (χ4v) is 3.34. The van der Waals surface area contributed by atoms with E-state index in [4.69, 9.17) is 9.47 Å². The van der Waals surface area contributed by atoms with E-state index in [-0.39, 0.29) is 11.9 Å². The Morgan fingerprint density at radius 2 is 1.89 bits per heavy atom. The summed E-state index contributed by atoms with van der Waals surface area (Å²) < 4.78 is 10.3. The zero-order valence-corrected chi connectivity index (χ0v) is 16.2. The van der Waals surface area contributed by atoms with E-state index in [1.807, 2.05) is 42.5 Å². The minimum Gasteiger partial charge on any atom is -0.497 e. The van der Waals surface area contributed by atoms with Crippen LogP contribution in [0.5, 0.6) is 5.75 Å². The smallest absolute Gasteiger partial charge is 0.331 e. The van der Waals surface area contributed by atoms with Crippen molar-refractivity contribution in [2.24, 2.45) is 0 Å². The first kappa shape index (κ1) is 19.7. The molecule has 3 rings (SSSR count). The van der Waals surface area contributed by atoms with Crippen LogP contribution in [0.1, 0.15) is 42.5 Å². The van der Waals surface area contributed by atoms with Gasteiger partial charge in [-0.3, -0.25) is 4.79 Å². The molecule has 1 amide bonds. The lowest BCUT2D eigenvalue weighted by molar-refractivity contribution is -0.150. The predicted octanol–water partition coefficient (Wildman–Crippen LogP) is 3.83. The lowest BCUT2D eigenvalue weighted by atomic mass is 9.87. The molecule has 146 valence electrons. The number of methoxy groups -OCH3 is 1. The Balaban J connectivity index is 1.54. The van der Waals surface area contributed by atoms with E-state index < -0.39 is 12.1 Å². The summed E-state index contributed by atoms with van der Waals surface area (Å²) in [6.07, 6.45) is 5.05. The summed E-state index contributed by atoms with van der Waals surface area (Å²) in [4.78, 5) is 24.5. The average molecular weight is 379 g/mol. The number of nitrogens with one attached hydrogen (secondary N) is 1. The van der Waals surface area contributed by atoms with Gasteiger partial charge in [-0.2, -0.15) is 0 Å². The van der Waals surface area contributed by atoms with Crippen molar-refractivity contribution >= 4 is 18.0 Å². The Labute approximate surface area is 165 Å². The van der Waals surface area contributed by atoms with Crippen molar-refractivity contribution in [3.8, 4) is 5.75 Å². The molecule has 0 radical (unpaired) electrons. The van der Waals surface area contributed by atoms with E-state index in [0.29, 0.717) is 0 Å². The Kier molecular flexibility index (Phi) is 6.48. The third kappa shape index (κ3) is 5.00. The van der Waals surface area contributed by atoms with Crippen molar-refractivity contribution in [2.75, 3.05) is 7.11 Å². The Morgan fingerprint density at radius 1 is 1.14 bits per heavy atom. The molecule has 2 aromatic rings. The standard InChI is InChI=1S/C23H25NO4/c1-16(28-22(25)15-12-17-10-13-19(27-2)14-11-17)23(26)24-21-9-5-7-18-6-3-4-8-20(18)21/h3-4,6,8,10-16,21H,5,7,9H2,1-2H3,(H,24,26)/b15-12+/t16-,21+/m1/s1. The van der Waals surface area contributed by atoms with Crippen LogP contribution < -0.4 is 10.1 Å². The number of hydrogen-bond donors (Lipinski definition) is 1. The van der Waals surface area contributed by atoms with Gasteiger partial charge in [-0.15, -0.1) is 0 Å². The van der Waals surface area contributed by atoms with Crippen molar-refractivity contribution in [1.82, 2.24) is 5.32 Å². The highest BCUT2D eigenvalue weighted by Crippen LogP contribution is 2.29. The fraction of sp³-hybridized carbons (Fsp3) is 0.304. The van der Waals surface area contributed by atoms with Gasteiger partial charge in [-0.25, -0.2) is 4.79 Å². The topological polar surface area (TPSA) is 64.6 Å². The molecule has 0 aromatic heterocycles. The van der Waals surface area contributed by atoms with Crippen LogP contribution in [0, 0.1) is 0 Å². The molecule has 5 nitrogen and oxygen atoms in total.